The summed E-state index contributed by atoms with van der Waals surface area (Å²) in [5, 5.41) is 2.81. The molecule has 31 heavy (non-hydrogen) atoms. The van der Waals surface area contributed by atoms with Gasteiger partial charge in [-0.05, 0) is 30.2 Å². The van der Waals surface area contributed by atoms with Crippen molar-refractivity contribution in [3.63, 3.8) is 0 Å². The van der Waals surface area contributed by atoms with Crippen LogP contribution in [-0.2, 0) is 22.5 Å². The first-order valence-corrected chi connectivity index (χ1v) is 9.51. The zero-order valence-corrected chi connectivity index (χ0v) is 17.3. The Balaban J connectivity index is 1.86. The minimum atomic E-state index is -4.44. The Kier molecular flexibility index (Phi) is 9.39. The number of nitrogens with zero attached hydrogens (tertiary/aromatic N) is 1. The molecule has 1 aromatic carbocycles. The maximum atomic E-state index is 12.3. The third kappa shape index (κ3) is 8.71. The first-order chi connectivity index (χ1) is 14.8. The van der Waals surface area contributed by atoms with Crippen molar-refractivity contribution in [2.75, 3.05) is 34.0 Å². The molecule has 1 N–H and O–H groups in total. The lowest BCUT2D eigenvalue weighted by Gasteiger charge is -2.14. The van der Waals surface area contributed by atoms with Crippen molar-refractivity contribution >= 4 is 5.91 Å². The fraction of sp³-hybridized carbons (Fsp3) is 0.429. The molecule has 0 aliphatic heterocycles. The second kappa shape index (κ2) is 12.0. The van der Waals surface area contributed by atoms with Gasteiger partial charge in [-0.15, -0.1) is 0 Å². The van der Waals surface area contributed by atoms with Crippen molar-refractivity contribution in [3.05, 3.63) is 47.7 Å². The van der Waals surface area contributed by atoms with Gasteiger partial charge in [-0.3, -0.25) is 4.79 Å². The SMILES string of the molecule is COCCOc1ncccc1CNC(=O)CCc1ccc(OCC(F)(F)F)c(OC)c1. The number of rotatable bonds is 12. The highest BCUT2D eigenvalue weighted by Gasteiger charge is 2.29. The zero-order valence-electron chi connectivity index (χ0n) is 17.3. The van der Waals surface area contributed by atoms with Crippen LogP contribution in [0.1, 0.15) is 17.5 Å². The molecular weight excluding hydrogens is 417 g/mol. The molecule has 10 heteroatoms. The van der Waals surface area contributed by atoms with Crippen molar-refractivity contribution in [2.45, 2.75) is 25.6 Å². The number of pyridine rings is 1. The summed E-state index contributed by atoms with van der Waals surface area (Å²) in [6, 6.07) is 8.11. The number of alkyl halides is 3. The van der Waals surface area contributed by atoms with Gasteiger partial charge in [-0.2, -0.15) is 13.2 Å². The van der Waals surface area contributed by atoms with E-state index >= 15 is 0 Å². The van der Waals surface area contributed by atoms with Gasteiger partial charge in [0.15, 0.2) is 18.1 Å². The highest BCUT2D eigenvalue weighted by molar-refractivity contribution is 5.76. The van der Waals surface area contributed by atoms with E-state index in [2.05, 4.69) is 10.3 Å². The molecule has 0 saturated heterocycles. The van der Waals surface area contributed by atoms with Crippen molar-refractivity contribution < 1.29 is 36.9 Å². The first kappa shape index (κ1) is 24.3. The molecule has 0 bridgehead atoms. The normalized spacial score (nSPS) is 11.1. The maximum Gasteiger partial charge on any atom is 0.422 e. The van der Waals surface area contributed by atoms with Gasteiger partial charge >= 0.3 is 6.18 Å². The molecule has 0 aliphatic rings. The van der Waals surface area contributed by atoms with E-state index in [1.165, 1.54) is 13.2 Å². The van der Waals surface area contributed by atoms with Crippen LogP contribution in [-0.4, -0.2) is 51.1 Å². The molecular formula is C21H25F3N2O5. The van der Waals surface area contributed by atoms with Gasteiger partial charge in [-0.25, -0.2) is 4.98 Å². The number of hydrogen-bond acceptors (Lipinski definition) is 6. The molecule has 0 unspecified atom stereocenters. The van der Waals surface area contributed by atoms with Gasteiger partial charge in [0.25, 0.3) is 0 Å². The van der Waals surface area contributed by atoms with Crippen LogP contribution < -0.4 is 19.5 Å². The predicted molar refractivity (Wildman–Crippen MR) is 106 cm³/mol. The topological polar surface area (TPSA) is 78.9 Å². The van der Waals surface area contributed by atoms with E-state index in [1.807, 2.05) is 0 Å². The number of ether oxygens (including phenoxy) is 4. The first-order valence-electron chi connectivity index (χ1n) is 9.51. The van der Waals surface area contributed by atoms with Crippen LogP contribution in [0.4, 0.5) is 13.2 Å². The average molecular weight is 442 g/mol. The lowest BCUT2D eigenvalue weighted by molar-refractivity contribution is -0.153. The molecule has 0 aliphatic carbocycles. The highest BCUT2D eigenvalue weighted by Crippen LogP contribution is 2.30. The van der Waals surface area contributed by atoms with E-state index in [9.17, 15) is 18.0 Å². The summed E-state index contributed by atoms with van der Waals surface area (Å²) < 4.78 is 57.3. The van der Waals surface area contributed by atoms with Crippen LogP contribution >= 0.6 is 0 Å². The van der Waals surface area contributed by atoms with Crippen LogP contribution in [0.25, 0.3) is 0 Å². The molecule has 0 atom stereocenters. The van der Waals surface area contributed by atoms with Gasteiger partial charge in [0.2, 0.25) is 11.8 Å². The van der Waals surface area contributed by atoms with E-state index < -0.39 is 12.8 Å². The van der Waals surface area contributed by atoms with Gasteiger partial charge in [0.05, 0.1) is 13.7 Å². The molecule has 1 aromatic heterocycles. The summed E-state index contributed by atoms with van der Waals surface area (Å²) >= 11 is 0. The molecule has 0 spiro atoms. The van der Waals surface area contributed by atoms with Crippen LogP contribution in [0, 0.1) is 0 Å². The number of halogens is 3. The third-order valence-electron chi connectivity index (χ3n) is 4.11. The van der Waals surface area contributed by atoms with Gasteiger partial charge in [0.1, 0.15) is 6.61 Å². The smallest absolute Gasteiger partial charge is 0.422 e. The maximum absolute atomic E-state index is 12.3. The number of carbonyl (C=O) groups excluding carboxylic acids is 1. The molecule has 2 aromatic rings. The molecule has 0 radical (unpaired) electrons. The molecule has 0 saturated carbocycles. The van der Waals surface area contributed by atoms with Gasteiger partial charge in [-0.1, -0.05) is 12.1 Å². The number of aromatic nitrogens is 1. The minimum Gasteiger partial charge on any atom is -0.493 e. The van der Waals surface area contributed by atoms with E-state index in [-0.39, 0.29) is 30.4 Å². The van der Waals surface area contributed by atoms with Crippen molar-refractivity contribution in [3.8, 4) is 17.4 Å². The van der Waals surface area contributed by atoms with Crippen LogP contribution in [0.3, 0.4) is 0 Å². The predicted octanol–water partition coefficient (Wildman–Crippen LogP) is 3.31. The van der Waals surface area contributed by atoms with E-state index in [0.717, 1.165) is 11.1 Å². The number of hydrogen-bond donors (Lipinski definition) is 1. The number of amides is 1. The van der Waals surface area contributed by atoms with Crippen molar-refractivity contribution in [1.82, 2.24) is 10.3 Å². The second-order valence-electron chi connectivity index (χ2n) is 6.47. The summed E-state index contributed by atoms with van der Waals surface area (Å²) in [7, 11) is 2.91. The summed E-state index contributed by atoms with van der Waals surface area (Å²) in [6.07, 6.45) is -2.27. The average Bonchev–Trinajstić information content (AvgIpc) is 2.75. The third-order valence-corrected chi connectivity index (χ3v) is 4.11. The number of benzene rings is 1. The van der Waals surface area contributed by atoms with Crippen molar-refractivity contribution in [2.24, 2.45) is 0 Å². The van der Waals surface area contributed by atoms with Gasteiger partial charge < -0.3 is 24.3 Å². The molecule has 0 fully saturated rings. The number of carbonyl (C=O) groups is 1. The Labute approximate surface area is 178 Å². The summed E-state index contributed by atoms with van der Waals surface area (Å²) in [4.78, 5) is 16.4. The number of aryl methyl sites for hydroxylation is 1. The Morgan fingerprint density at radius 3 is 2.61 bits per heavy atom. The molecule has 7 nitrogen and oxygen atoms in total. The van der Waals surface area contributed by atoms with E-state index in [4.69, 9.17) is 18.9 Å². The fourth-order valence-corrected chi connectivity index (χ4v) is 2.60. The van der Waals surface area contributed by atoms with E-state index in [1.54, 1.807) is 37.6 Å². The van der Waals surface area contributed by atoms with Crippen LogP contribution in [0.15, 0.2) is 36.5 Å². The minimum absolute atomic E-state index is 0.00870. The van der Waals surface area contributed by atoms with E-state index in [0.29, 0.717) is 25.5 Å². The Morgan fingerprint density at radius 1 is 1.10 bits per heavy atom. The number of nitrogens with one attached hydrogen (secondary N) is 1. The standard InChI is InChI=1S/C21H25F3N2O5/c1-28-10-11-30-20-16(4-3-9-25-20)13-26-19(27)8-6-15-5-7-17(18(12-15)29-2)31-14-21(22,23)24/h3-5,7,9,12H,6,8,10-11,13-14H2,1-2H3,(H,26,27). The Bertz CT molecular complexity index is 846. The Hall–Kier alpha value is -3.01. The highest BCUT2D eigenvalue weighted by atomic mass is 19.4. The van der Waals surface area contributed by atoms with Crippen LogP contribution in [0.2, 0.25) is 0 Å². The van der Waals surface area contributed by atoms with Crippen molar-refractivity contribution in [1.29, 1.82) is 0 Å². The monoisotopic (exact) mass is 442 g/mol. The quantitative estimate of drug-likeness (QED) is 0.508. The Morgan fingerprint density at radius 2 is 1.90 bits per heavy atom. The number of methoxy groups -OCH3 is 2. The largest absolute Gasteiger partial charge is 0.493 e. The van der Waals surface area contributed by atoms with Crippen LogP contribution in [0.5, 0.6) is 17.4 Å². The summed E-state index contributed by atoms with van der Waals surface area (Å²) in [5.41, 5.74) is 1.47. The summed E-state index contributed by atoms with van der Waals surface area (Å²) in [5.74, 6) is 0.406. The lowest BCUT2D eigenvalue weighted by Crippen LogP contribution is -2.23. The molecule has 2 rings (SSSR count). The lowest BCUT2D eigenvalue weighted by atomic mass is 10.1. The summed E-state index contributed by atoms with van der Waals surface area (Å²) in [6.45, 7) is -0.385. The fourth-order valence-electron chi connectivity index (χ4n) is 2.60. The second-order valence-corrected chi connectivity index (χ2v) is 6.47. The molecule has 170 valence electrons. The zero-order chi connectivity index (χ0) is 22.7. The molecule has 1 heterocycles. The van der Waals surface area contributed by atoms with Gasteiger partial charge in [0, 0.05) is 31.8 Å². The molecule has 1 amide bonds.